The largest absolute Gasteiger partial charge is 0.363 e. The molecule has 8 heteroatoms. The molecule has 0 aliphatic carbocycles. The fraction of sp³-hybridized carbons (Fsp3) is 0.216. The summed E-state index contributed by atoms with van der Waals surface area (Å²) < 4.78 is 0. The van der Waals surface area contributed by atoms with Crippen molar-refractivity contribution in [3.05, 3.63) is 108 Å². The fourth-order valence-corrected chi connectivity index (χ4v) is 7.10. The maximum Gasteiger partial charge on any atom is 0.357 e. The topological polar surface area (TPSA) is 98.9 Å². The van der Waals surface area contributed by atoms with Crippen molar-refractivity contribution in [2.45, 2.75) is 37.8 Å². The molecule has 0 bridgehead atoms. The van der Waals surface area contributed by atoms with E-state index in [4.69, 9.17) is 14.8 Å². The first-order valence-corrected chi connectivity index (χ1v) is 15.8. The van der Waals surface area contributed by atoms with Crippen molar-refractivity contribution in [2.24, 2.45) is 0 Å². The van der Waals surface area contributed by atoms with E-state index >= 15 is 0 Å². The highest BCUT2D eigenvalue weighted by molar-refractivity contribution is 6.07. The Morgan fingerprint density at radius 1 is 0.733 bits per heavy atom. The average Bonchev–Trinajstić information content (AvgIpc) is 3.90. The summed E-state index contributed by atoms with van der Waals surface area (Å²) >= 11 is 0. The maximum atomic E-state index is 12.8. The lowest BCUT2D eigenvalue weighted by Gasteiger charge is -2.21. The number of carbonyl (C=O) groups excluding carboxylic acids is 1. The van der Waals surface area contributed by atoms with Crippen molar-refractivity contribution in [3.8, 4) is 11.1 Å². The van der Waals surface area contributed by atoms with Gasteiger partial charge in [-0.05, 0) is 90.5 Å². The molecule has 4 heterocycles. The molecule has 0 unspecified atom stereocenters. The number of fused-ring (bicyclic) bond motifs is 6. The van der Waals surface area contributed by atoms with Crippen LogP contribution in [0, 0.1) is 0 Å². The summed E-state index contributed by atoms with van der Waals surface area (Å²) in [7, 11) is 0. The van der Waals surface area contributed by atoms with E-state index in [1.807, 2.05) is 18.2 Å². The maximum absolute atomic E-state index is 12.8. The Morgan fingerprint density at radius 2 is 1.40 bits per heavy atom. The summed E-state index contributed by atoms with van der Waals surface area (Å²) in [5, 5.41) is 9.89. The Hall–Kier alpha value is -5.05. The number of rotatable bonds is 5. The molecule has 2 aliphatic heterocycles. The Morgan fingerprint density at radius 3 is 2.07 bits per heavy atom. The van der Waals surface area contributed by atoms with Crippen LogP contribution in [0.5, 0.6) is 0 Å². The number of hydrogen-bond acceptors (Lipinski definition) is 6. The first-order chi connectivity index (χ1) is 22.2. The summed E-state index contributed by atoms with van der Waals surface area (Å²) in [5.74, 6) is 1.52. The van der Waals surface area contributed by atoms with Gasteiger partial charge in [-0.15, -0.1) is 5.06 Å². The van der Waals surface area contributed by atoms with Crippen molar-refractivity contribution in [1.82, 2.24) is 30.3 Å². The Balaban J connectivity index is 1.02. The summed E-state index contributed by atoms with van der Waals surface area (Å²) in [4.78, 5) is 35.7. The molecule has 2 fully saturated rings. The lowest BCUT2D eigenvalue weighted by atomic mass is 9.98. The van der Waals surface area contributed by atoms with Crippen LogP contribution in [0.1, 0.15) is 59.8 Å². The summed E-state index contributed by atoms with van der Waals surface area (Å²) in [6, 6.07) is 31.1. The van der Waals surface area contributed by atoms with Gasteiger partial charge in [0, 0.05) is 17.3 Å². The monoisotopic (exact) mass is 592 g/mol. The summed E-state index contributed by atoms with van der Waals surface area (Å²) in [5.41, 5.74) is 6.90. The molecule has 9 rings (SSSR count). The zero-order chi connectivity index (χ0) is 29.9. The molecule has 0 spiro atoms. The molecule has 2 atom stereocenters. The van der Waals surface area contributed by atoms with Crippen molar-refractivity contribution in [3.63, 3.8) is 0 Å². The smallest absolute Gasteiger partial charge is 0.357 e. The van der Waals surface area contributed by atoms with E-state index in [1.54, 1.807) is 17.2 Å². The van der Waals surface area contributed by atoms with Gasteiger partial charge >= 0.3 is 5.97 Å². The third-order valence-electron chi connectivity index (χ3n) is 9.43. The summed E-state index contributed by atoms with van der Waals surface area (Å²) in [6.45, 7) is 1.73. The minimum Gasteiger partial charge on any atom is -0.363 e. The van der Waals surface area contributed by atoms with Gasteiger partial charge in [0.05, 0.1) is 33.7 Å². The molecule has 0 saturated carbocycles. The SMILES string of the molecule is O=C(ON1CCC[C@H]1c1nc2c(ccc3cc(-c4ccc5c(ccc6[nH]c([C@@H]7CCCN7)nc65)c4)ccc32)[nH]1)c1ccccc1. The van der Waals surface area contributed by atoms with Crippen molar-refractivity contribution >= 4 is 49.6 Å². The standard InChI is InChI=1S/C37H32N6O2/c44-37(22-6-2-1-3-7-22)45-43-19-5-9-32(43)36-40-30-17-13-26-21-24(11-15-28(26)34(30)42-36)23-10-14-27-25(20-23)12-16-29-33(27)41-35(39-29)31-8-4-18-38-31/h1-3,6-7,10-17,20-21,31-32,38H,4-5,8-9,18-19H2,(H,39,41)(H,40,42)/t31-,32-/m0/s1. The van der Waals surface area contributed by atoms with Gasteiger partial charge in [0.15, 0.2) is 0 Å². The number of aromatic nitrogens is 4. The fourth-order valence-electron chi connectivity index (χ4n) is 7.10. The Labute approximate surface area is 259 Å². The second-order valence-electron chi connectivity index (χ2n) is 12.2. The highest BCUT2D eigenvalue weighted by atomic mass is 16.7. The molecule has 0 radical (unpaired) electrons. The second kappa shape index (κ2) is 10.5. The number of carbonyl (C=O) groups is 1. The van der Waals surface area contributed by atoms with Crippen LogP contribution in [-0.2, 0) is 4.84 Å². The molecule has 8 nitrogen and oxygen atoms in total. The van der Waals surface area contributed by atoms with Crippen LogP contribution in [0.2, 0.25) is 0 Å². The molecule has 3 N–H and O–H groups in total. The van der Waals surface area contributed by atoms with Crippen LogP contribution in [0.4, 0.5) is 0 Å². The van der Waals surface area contributed by atoms with Gasteiger partial charge in [-0.25, -0.2) is 14.8 Å². The normalized spacial score (nSPS) is 18.9. The number of imidazole rings is 2. The first-order valence-electron chi connectivity index (χ1n) is 15.8. The van der Waals surface area contributed by atoms with E-state index in [0.29, 0.717) is 18.2 Å². The van der Waals surface area contributed by atoms with Crippen LogP contribution < -0.4 is 5.32 Å². The van der Waals surface area contributed by atoms with Gasteiger partial charge < -0.3 is 20.1 Å². The highest BCUT2D eigenvalue weighted by Gasteiger charge is 2.32. The lowest BCUT2D eigenvalue weighted by Crippen LogP contribution is -2.27. The molecule has 0 amide bonds. The van der Waals surface area contributed by atoms with E-state index in [9.17, 15) is 4.79 Å². The zero-order valence-corrected chi connectivity index (χ0v) is 24.7. The second-order valence-corrected chi connectivity index (χ2v) is 12.2. The number of H-pyrrole nitrogens is 2. The van der Waals surface area contributed by atoms with Crippen LogP contribution >= 0.6 is 0 Å². The van der Waals surface area contributed by atoms with Gasteiger partial charge in [0.25, 0.3) is 0 Å². The molecular formula is C37H32N6O2. The predicted octanol–water partition coefficient (Wildman–Crippen LogP) is 7.75. The van der Waals surface area contributed by atoms with E-state index < -0.39 is 0 Å². The lowest BCUT2D eigenvalue weighted by molar-refractivity contribution is -0.121. The van der Waals surface area contributed by atoms with Crippen LogP contribution in [0.3, 0.4) is 0 Å². The average molecular weight is 593 g/mol. The highest BCUT2D eigenvalue weighted by Crippen LogP contribution is 2.36. The van der Waals surface area contributed by atoms with Crippen molar-refractivity contribution < 1.29 is 9.63 Å². The molecule has 2 aliphatic rings. The minimum atomic E-state index is -0.342. The van der Waals surface area contributed by atoms with Crippen molar-refractivity contribution in [2.75, 3.05) is 13.1 Å². The third-order valence-corrected chi connectivity index (χ3v) is 9.43. The van der Waals surface area contributed by atoms with E-state index in [-0.39, 0.29) is 12.0 Å². The van der Waals surface area contributed by atoms with Crippen LogP contribution in [0.25, 0.3) is 54.7 Å². The van der Waals surface area contributed by atoms with Gasteiger partial charge in [-0.3, -0.25) is 0 Å². The molecule has 7 aromatic rings. The molecular weight excluding hydrogens is 560 g/mol. The van der Waals surface area contributed by atoms with Crippen LogP contribution in [-0.4, -0.2) is 44.1 Å². The van der Waals surface area contributed by atoms with Gasteiger partial charge in [0.1, 0.15) is 17.7 Å². The Bertz CT molecular complexity index is 2230. The molecule has 45 heavy (non-hydrogen) atoms. The quantitative estimate of drug-likeness (QED) is 0.189. The first kappa shape index (κ1) is 26.4. The number of nitrogens with zero attached hydrogens (tertiary/aromatic N) is 3. The predicted molar refractivity (Wildman–Crippen MR) is 177 cm³/mol. The van der Waals surface area contributed by atoms with Gasteiger partial charge in [-0.1, -0.05) is 54.6 Å². The van der Waals surface area contributed by atoms with E-state index in [0.717, 1.165) is 75.9 Å². The minimum absolute atomic E-state index is 0.108. The molecule has 2 aromatic heterocycles. The number of benzene rings is 5. The Kier molecular flexibility index (Phi) is 6.17. The van der Waals surface area contributed by atoms with E-state index in [1.165, 1.54) is 22.8 Å². The summed E-state index contributed by atoms with van der Waals surface area (Å²) in [6.07, 6.45) is 4.12. The third kappa shape index (κ3) is 4.56. The number of aromatic amines is 2. The van der Waals surface area contributed by atoms with Crippen molar-refractivity contribution in [1.29, 1.82) is 0 Å². The van der Waals surface area contributed by atoms with Gasteiger partial charge in [-0.2, -0.15) is 0 Å². The number of nitrogens with one attached hydrogen (secondary N) is 3. The number of hydroxylamine groups is 2. The number of hydrogen-bond donors (Lipinski definition) is 3. The zero-order valence-electron chi connectivity index (χ0n) is 24.7. The molecule has 5 aromatic carbocycles. The molecule has 222 valence electrons. The van der Waals surface area contributed by atoms with Crippen LogP contribution in [0.15, 0.2) is 91.0 Å². The molecule has 2 saturated heterocycles. The van der Waals surface area contributed by atoms with E-state index in [2.05, 4.69) is 75.9 Å². The van der Waals surface area contributed by atoms with Gasteiger partial charge in [0.2, 0.25) is 0 Å².